The van der Waals surface area contributed by atoms with Gasteiger partial charge in [-0.05, 0) is 18.6 Å². The zero-order chi connectivity index (χ0) is 5.82. The van der Waals surface area contributed by atoms with Crippen molar-refractivity contribution in [2.75, 3.05) is 0 Å². The van der Waals surface area contributed by atoms with E-state index in [0.717, 1.165) is 18.6 Å². The van der Waals surface area contributed by atoms with Crippen molar-refractivity contribution in [2.45, 2.75) is 42.0 Å². The molecule has 1 aromatic heterocycles. The minimum atomic E-state index is 0. The maximum absolute atomic E-state index is 5.07. The summed E-state index contributed by atoms with van der Waals surface area (Å²) in [4.78, 5) is 0. The highest BCUT2D eigenvalue weighted by Gasteiger charge is 1.88. The minimum absolute atomic E-state index is 0. The quantitative estimate of drug-likeness (QED) is 0.630. The van der Waals surface area contributed by atoms with E-state index in [-0.39, 0.29) is 22.3 Å². The molecule has 0 bridgehead atoms. The molecule has 0 amide bonds. The predicted molar refractivity (Wildman–Crippen MR) is 52.9 cm³/mol. The van der Waals surface area contributed by atoms with Gasteiger partial charge in [0.15, 0.2) is 0 Å². The van der Waals surface area contributed by atoms with E-state index in [1.165, 1.54) is 0 Å². The Hall–Kier alpha value is -0.720. The van der Waals surface area contributed by atoms with Crippen LogP contribution < -0.4 is 0 Å². The highest BCUT2D eigenvalue weighted by atomic mass is 16.3. The van der Waals surface area contributed by atoms with Crippen LogP contribution in [0.25, 0.3) is 0 Å². The van der Waals surface area contributed by atoms with Gasteiger partial charge < -0.3 is 4.42 Å². The molecule has 0 spiro atoms. The van der Waals surface area contributed by atoms with Gasteiger partial charge in [0.25, 0.3) is 0 Å². The lowest BCUT2D eigenvalue weighted by Gasteiger charge is -1.85. The van der Waals surface area contributed by atoms with E-state index in [1.807, 2.05) is 12.1 Å². The molecule has 68 valence electrons. The van der Waals surface area contributed by atoms with Gasteiger partial charge in [0, 0.05) is 6.42 Å². The molecule has 1 heterocycles. The molecule has 1 heteroatoms. The third-order valence-corrected chi connectivity index (χ3v) is 1.08. The van der Waals surface area contributed by atoms with Crippen LogP contribution in [0.4, 0.5) is 0 Å². The first-order chi connectivity index (χ1) is 3.93. The normalized spacial score (nSPS) is 7.00. The first-order valence-electron chi connectivity index (χ1n) is 2.96. The van der Waals surface area contributed by atoms with E-state index in [2.05, 4.69) is 6.92 Å². The fourth-order valence-corrected chi connectivity index (χ4v) is 0.701. The van der Waals surface area contributed by atoms with Crippen molar-refractivity contribution >= 4 is 0 Å². The molecule has 0 aliphatic carbocycles. The molecule has 1 nitrogen and oxygen atoms in total. The van der Waals surface area contributed by atoms with E-state index in [1.54, 1.807) is 6.26 Å². The van der Waals surface area contributed by atoms with Gasteiger partial charge in [0.1, 0.15) is 5.76 Å². The monoisotopic (exact) mass is 158 g/mol. The van der Waals surface area contributed by atoms with Crippen molar-refractivity contribution in [1.29, 1.82) is 0 Å². The van der Waals surface area contributed by atoms with Crippen LogP contribution in [-0.2, 0) is 6.42 Å². The molecule has 11 heavy (non-hydrogen) atoms. The lowest BCUT2D eigenvalue weighted by molar-refractivity contribution is 0.506. The maximum Gasteiger partial charge on any atom is 0.103 e. The lowest BCUT2D eigenvalue weighted by Crippen LogP contribution is -1.73. The van der Waals surface area contributed by atoms with E-state index in [0.29, 0.717) is 0 Å². The zero-order valence-electron chi connectivity index (χ0n) is 5.05. The second-order valence-electron chi connectivity index (χ2n) is 1.83. The molecular formula is C10H22O. The summed E-state index contributed by atoms with van der Waals surface area (Å²) in [5, 5.41) is 0. The van der Waals surface area contributed by atoms with Gasteiger partial charge in [0.05, 0.1) is 6.26 Å². The Morgan fingerprint density at radius 3 is 2.27 bits per heavy atom. The van der Waals surface area contributed by atoms with E-state index >= 15 is 0 Å². The summed E-state index contributed by atoms with van der Waals surface area (Å²) in [5.74, 6) is 1.09. The molecule has 0 unspecified atom stereocenters. The van der Waals surface area contributed by atoms with Crippen LogP contribution >= 0.6 is 0 Å². The average Bonchev–Trinajstić information content (AvgIpc) is 2.19. The molecule has 1 aromatic rings. The lowest BCUT2D eigenvalue weighted by atomic mass is 10.3. The van der Waals surface area contributed by atoms with Crippen molar-refractivity contribution in [2.24, 2.45) is 0 Å². The highest BCUT2D eigenvalue weighted by molar-refractivity contribution is 4.97. The summed E-state index contributed by atoms with van der Waals surface area (Å²) in [6, 6.07) is 3.93. The molecule has 0 N–H and O–H groups in total. The van der Waals surface area contributed by atoms with Crippen LogP contribution in [0.15, 0.2) is 22.8 Å². The largest absolute Gasteiger partial charge is 0.469 e. The highest BCUT2D eigenvalue weighted by Crippen LogP contribution is 2.01. The molecule has 0 saturated carbocycles. The van der Waals surface area contributed by atoms with Gasteiger partial charge in [0.2, 0.25) is 0 Å². The summed E-state index contributed by atoms with van der Waals surface area (Å²) in [6.07, 6.45) is 3.94. The molecule has 0 saturated heterocycles. The third kappa shape index (κ3) is 5.71. The van der Waals surface area contributed by atoms with E-state index < -0.39 is 0 Å². The van der Waals surface area contributed by atoms with Gasteiger partial charge in [-0.15, -0.1) is 0 Å². The molecule has 0 fully saturated rings. The second-order valence-corrected chi connectivity index (χ2v) is 1.83. The molecular weight excluding hydrogens is 136 g/mol. The van der Waals surface area contributed by atoms with Crippen LogP contribution in [0.2, 0.25) is 0 Å². The molecule has 0 atom stereocenters. The van der Waals surface area contributed by atoms with Crippen LogP contribution in [-0.4, -0.2) is 0 Å². The predicted octanol–water partition coefficient (Wildman–Crippen LogP) is 4.14. The smallest absolute Gasteiger partial charge is 0.103 e. The molecule has 0 radical (unpaired) electrons. The Morgan fingerprint density at radius 1 is 1.27 bits per heavy atom. The number of hydrogen-bond donors (Lipinski definition) is 0. The number of aryl methyl sites for hydroxylation is 1. The summed E-state index contributed by atoms with van der Waals surface area (Å²) in [6.45, 7) is 2.14. The molecule has 1 rings (SSSR count). The Kier molecular flexibility index (Phi) is 14.1. The van der Waals surface area contributed by atoms with Gasteiger partial charge in [-0.3, -0.25) is 0 Å². The number of rotatable bonds is 2. The Bertz CT molecular complexity index is 131. The fraction of sp³-hybridized carbons (Fsp3) is 0.600. The van der Waals surface area contributed by atoms with E-state index in [4.69, 9.17) is 4.42 Å². The standard InChI is InChI=1S/C7H10O.3CH4/c1-2-4-7-5-3-6-8-7;;;/h3,5-6H,2,4H2,1H3;3*1H4. The number of hydrogen-bond acceptors (Lipinski definition) is 1. The van der Waals surface area contributed by atoms with Gasteiger partial charge in [-0.2, -0.15) is 0 Å². The Morgan fingerprint density at radius 2 is 1.91 bits per heavy atom. The summed E-state index contributed by atoms with van der Waals surface area (Å²) < 4.78 is 5.07. The summed E-state index contributed by atoms with van der Waals surface area (Å²) >= 11 is 0. The fourth-order valence-electron chi connectivity index (χ4n) is 0.701. The molecule has 0 aliphatic rings. The van der Waals surface area contributed by atoms with Crippen LogP contribution in [0, 0.1) is 0 Å². The van der Waals surface area contributed by atoms with Crippen molar-refractivity contribution < 1.29 is 4.42 Å². The Labute approximate surface area is 71.4 Å². The molecule has 0 aliphatic heterocycles. The van der Waals surface area contributed by atoms with Crippen molar-refractivity contribution in [3.8, 4) is 0 Å². The first kappa shape index (κ1) is 16.7. The van der Waals surface area contributed by atoms with E-state index in [9.17, 15) is 0 Å². The van der Waals surface area contributed by atoms with Crippen molar-refractivity contribution in [1.82, 2.24) is 0 Å². The molecule has 0 aromatic carbocycles. The number of furan rings is 1. The topological polar surface area (TPSA) is 13.1 Å². The van der Waals surface area contributed by atoms with Crippen molar-refractivity contribution in [3.63, 3.8) is 0 Å². The minimum Gasteiger partial charge on any atom is -0.469 e. The van der Waals surface area contributed by atoms with Gasteiger partial charge in [-0.25, -0.2) is 0 Å². The third-order valence-electron chi connectivity index (χ3n) is 1.08. The maximum atomic E-state index is 5.07. The first-order valence-corrected chi connectivity index (χ1v) is 2.96. The second kappa shape index (κ2) is 9.28. The van der Waals surface area contributed by atoms with Crippen LogP contribution in [0.3, 0.4) is 0 Å². The Balaban J connectivity index is -0.000000213. The van der Waals surface area contributed by atoms with Crippen LogP contribution in [0.1, 0.15) is 41.4 Å². The van der Waals surface area contributed by atoms with Gasteiger partial charge >= 0.3 is 0 Å². The summed E-state index contributed by atoms with van der Waals surface area (Å²) in [7, 11) is 0. The SMILES string of the molecule is C.C.C.CCCc1ccco1. The average molecular weight is 158 g/mol. The van der Waals surface area contributed by atoms with Gasteiger partial charge in [-0.1, -0.05) is 29.2 Å². The van der Waals surface area contributed by atoms with Crippen molar-refractivity contribution in [3.05, 3.63) is 24.2 Å². The zero-order valence-corrected chi connectivity index (χ0v) is 5.05. The summed E-state index contributed by atoms with van der Waals surface area (Å²) in [5.41, 5.74) is 0. The van der Waals surface area contributed by atoms with Crippen LogP contribution in [0.5, 0.6) is 0 Å².